The van der Waals surface area contributed by atoms with Crippen molar-refractivity contribution in [2.24, 2.45) is 0 Å². The molecule has 0 aromatic heterocycles. The third-order valence-electron chi connectivity index (χ3n) is 3.72. The summed E-state index contributed by atoms with van der Waals surface area (Å²) in [5, 5.41) is 19.7. The van der Waals surface area contributed by atoms with Crippen LogP contribution in [0, 0.1) is 0 Å². The summed E-state index contributed by atoms with van der Waals surface area (Å²) < 4.78 is 5.27. The van der Waals surface area contributed by atoms with Gasteiger partial charge in [-0.25, -0.2) is 4.79 Å². The van der Waals surface area contributed by atoms with Crippen molar-refractivity contribution in [3.63, 3.8) is 0 Å². The number of nitrogens with two attached hydrogens (primary N) is 2. The van der Waals surface area contributed by atoms with E-state index in [4.69, 9.17) is 16.2 Å². The van der Waals surface area contributed by atoms with Crippen LogP contribution in [0.2, 0.25) is 0 Å². The second-order valence-electron chi connectivity index (χ2n) is 5.40. The minimum Gasteiger partial charge on any atom is -0.506 e. The van der Waals surface area contributed by atoms with Crippen LogP contribution in [0.5, 0.6) is 17.2 Å². The molecule has 3 aromatic carbocycles. The molecule has 6 nitrogen and oxygen atoms in total. The zero-order valence-electron chi connectivity index (χ0n) is 13.1. The summed E-state index contributed by atoms with van der Waals surface area (Å²) in [6.45, 7) is 0. The zero-order valence-corrected chi connectivity index (χ0v) is 13.1. The van der Waals surface area contributed by atoms with Gasteiger partial charge in [0.2, 0.25) is 0 Å². The van der Waals surface area contributed by atoms with Gasteiger partial charge in [-0.2, -0.15) is 0 Å². The Kier molecular flexibility index (Phi) is 4.18. The maximum Gasteiger partial charge on any atom is 0.344 e. The summed E-state index contributed by atoms with van der Waals surface area (Å²) in [5.41, 5.74) is 13.0. The first-order chi connectivity index (χ1) is 12.0. The first-order valence-corrected chi connectivity index (χ1v) is 7.45. The molecule has 0 atom stereocenters. The number of rotatable bonds is 3. The number of para-hydroxylation sites is 1. The van der Waals surface area contributed by atoms with Gasteiger partial charge in [0.05, 0.1) is 16.9 Å². The largest absolute Gasteiger partial charge is 0.506 e. The highest BCUT2D eigenvalue weighted by molar-refractivity contribution is 5.99. The Labute approximate surface area is 143 Å². The number of hydrogen-bond donors (Lipinski definition) is 4. The zero-order chi connectivity index (χ0) is 18.0. The van der Waals surface area contributed by atoms with E-state index >= 15 is 0 Å². The van der Waals surface area contributed by atoms with Gasteiger partial charge >= 0.3 is 5.97 Å². The second-order valence-corrected chi connectivity index (χ2v) is 5.40. The minimum absolute atomic E-state index is 0.0278. The Morgan fingerprint density at radius 1 is 0.880 bits per heavy atom. The third-order valence-corrected chi connectivity index (χ3v) is 3.72. The van der Waals surface area contributed by atoms with Crippen LogP contribution in [0.3, 0.4) is 0 Å². The number of nitrogen functional groups attached to an aromatic ring is 2. The summed E-state index contributed by atoms with van der Waals surface area (Å²) in [6.07, 6.45) is 0. The third kappa shape index (κ3) is 3.18. The van der Waals surface area contributed by atoms with Crippen LogP contribution in [-0.2, 0) is 0 Å². The number of phenolic OH excluding ortho intramolecular Hbond substituents is 2. The number of carbonyl (C=O) groups is 1. The van der Waals surface area contributed by atoms with Crippen molar-refractivity contribution in [2.75, 3.05) is 11.5 Å². The summed E-state index contributed by atoms with van der Waals surface area (Å²) >= 11 is 0. The Balaban J connectivity index is 1.99. The topological polar surface area (TPSA) is 119 Å². The first kappa shape index (κ1) is 16.2. The van der Waals surface area contributed by atoms with Gasteiger partial charge in [0.1, 0.15) is 5.75 Å². The summed E-state index contributed by atoms with van der Waals surface area (Å²) in [6, 6.07) is 16.0. The summed E-state index contributed by atoms with van der Waals surface area (Å²) in [7, 11) is 0. The van der Waals surface area contributed by atoms with Crippen molar-refractivity contribution in [3.05, 3.63) is 66.2 Å². The molecule has 6 heteroatoms. The molecule has 0 saturated heterocycles. The molecule has 126 valence electrons. The fraction of sp³-hybridized carbons (Fsp3) is 0. The molecule has 0 aliphatic rings. The number of phenols is 2. The Morgan fingerprint density at radius 3 is 2.40 bits per heavy atom. The van der Waals surface area contributed by atoms with Crippen molar-refractivity contribution in [2.45, 2.75) is 0 Å². The molecule has 0 aliphatic heterocycles. The maximum atomic E-state index is 12.6. The van der Waals surface area contributed by atoms with Crippen molar-refractivity contribution >= 4 is 17.3 Å². The van der Waals surface area contributed by atoms with E-state index in [2.05, 4.69) is 0 Å². The average molecular weight is 336 g/mol. The van der Waals surface area contributed by atoms with Crippen molar-refractivity contribution in [1.29, 1.82) is 0 Å². The van der Waals surface area contributed by atoms with E-state index in [9.17, 15) is 15.0 Å². The van der Waals surface area contributed by atoms with Crippen LogP contribution in [-0.4, -0.2) is 16.2 Å². The van der Waals surface area contributed by atoms with Gasteiger partial charge in [-0.1, -0.05) is 30.3 Å². The number of carbonyl (C=O) groups excluding carboxylic acids is 1. The highest BCUT2D eigenvalue weighted by Gasteiger charge is 2.17. The van der Waals surface area contributed by atoms with Crippen LogP contribution in [0.15, 0.2) is 60.7 Å². The van der Waals surface area contributed by atoms with Crippen LogP contribution in [0.4, 0.5) is 11.4 Å². The van der Waals surface area contributed by atoms with E-state index in [0.29, 0.717) is 11.1 Å². The molecule has 25 heavy (non-hydrogen) atoms. The number of anilines is 2. The number of aromatic hydroxyl groups is 2. The normalized spacial score (nSPS) is 10.4. The lowest BCUT2D eigenvalue weighted by molar-refractivity contribution is 0.0730. The molecule has 0 aliphatic carbocycles. The number of hydrogen-bond acceptors (Lipinski definition) is 6. The SMILES string of the molecule is Nc1ccc(-c2ccccc2C(=O)Oc2cccc(N)c2O)cc1O. The average Bonchev–Trinajstić information content (AvgIpc) is 2.61. The van der Waals surface area contributed by atoms with Crippen LogP contribution in [0.1, 0.15) is 10.4 Å². The van der Waals surface area contributed by atoms with Gasteiger partial charge in [0.25, 0.3) is 0 Å². The van der Waals surface area contributed by atoms with E-state index in [1.54, 1.807) is 42.5 Å². The molecule has 6 N–H and O–H groups in total. The number of benzene rings is 3. The second kappa shape index (κ2) is 6.45. The molecule has 0 spiro atoms. The molecular weight excluding hydrogens is 320 g/mol. The molecule has 0 amide bonds. The standard InChI is InChI=1S/C19H16N2O4/c20-14-9-8-11(10-16(14)22)12-4-1-2-5-13(12)19(24)25-17-7-3-6-15(21)18(17)23/h1-10,22-23H,20-21H2. The lowest BCUT2D eigenvalue weighted by Gasteiger charge is -2.12. The molecular formula is C19H16N2O4. The highest BCUT2D eigenvalue weighted by Crippen LogP contribution is 2.34. The van der Waals surface area contributed by atoms with E-state index in [-0.39, 0.29) is 34.2 Å². The van der Waals surface area contributed by atoms with Crippen LogP contribution >= 0.6 is 0 Å². The van der Waals surface area contributed by atoms with E-state index < -0.39 is 5.97 Å². The van der Waals surface area contributed by atoms with Gasteiger partial charge < -0.3 is 26.4 Å². The van der Waals surface area contributed by atoms with E-state index in [0.717, 1.165) is 0 Å². The monoisotopic (exact) mass is 336 g/mol. The fourth-order valence-corrected chi connectivity index (χ4v) is 2.40. The molecule has 0 unspecified atom stereocenters. The predicted octanol–water partition coefficient (Wildman–Crippen LogP) is 3.15. The summed E-state index contributed by atoms with van der Waals surface area (Å²) in [5.74, 6) is -1.06. The Hall–Kier alpha value is -3.67. The van der Waals surface area contributed by atoms with E-state index in [1.807, 2.05) is 0 Å². The van der Waals surface area contributed by atoms with Gasteiger partial charge in [-0.15, -0.1) is 0 Å². The number of esters is 1. The predicted molar refractivity (Wildman–Crippen MR) is 95.4 cm³/mol. The molecule has 0 radical (unpaired) electrons. The quantitative estimate of drug-likeness (QED) is 0.252. The first-order valence-electron chi connectivity index (χ1n) is 7.45. The van der Waals surface area contributed by atoms with Crippen LogP contribution in [0.25, 0.3) is 11.1 Å². The van der Waals surface area contributed by atoms with Crippen molar-refractivity contribution in [3.8, 4) is 28.4 Å². The van der Waals surface area contributed by atoms with Crippen molar-refractivity contribution in [1.82, 2.24) is 0 Å². The molecule has 0 saturated carbocycles. The van der Waals surface area contributed by atoms with Gasteiger partial charge in [0, 0.05) is 0 Å². The van der Waals surface area contributed by atoms with Gasteiger partial charge in [-0.3, -0.25) is 0 Å². The summed E-state index contributed by atoms with van der Waals surface area (Å²) in [4.78, 5) is 12.6. The fourth-order valence-electron chi connectivity index (χ4n) is 2.40. The molecule has 3 rings (SSSR count). The Bertz CT molecular complexity index is 954. The van der Waals surface area contributed by atoms with Crippen LogP contribution < -0.4 is 16.2 Å². The van der Waals surface area contributed by atoms with Gasteiger partial charge in [-0.05, 0) is 41.5 Å². The molecule has 0 heterocycles. The minimum atomic E-state index is -0.659. The maximum absolute atomic E-state index is 12.6. The highest BCUT2D eigenvalue weighted by atomic mass is 16.5. The molecule has 3 aromatic rings. The van der Waals surface area contributed by atoms with Gasteiger partial charge in [0.15, 0.2) is 11.5 Å². The Morgan fingerprint density at radius 2 is 1.64 bits per heavy atom. The molecule has 0 bridgehead atoms. The lowest BCUT2D eigenvalue weighted by Crippen LogP contribution is -2.10. The number of ether oxygens (including phenoxy) is 1. The van der Waals surface area contributed by atoms with Crippen molar-refractivity contribution < 1.29 is 19.7 Å². The molecule has 0 fully saturated rings. The lowest BCUT2D eigenvalue weighted by atomic mass is 9.99. The smallest absolute Gasteiger partial charge is 0.344 e. The van der Waals surface area contributed by atoms with E-state index in [1.165, 1.54) is 18.2 Å².